The van der Waals surface area contributed by atoms with Crippen LogP contribution in [0.4, 0.5) is 0 Å². The van der Waals surface area contributed by atoms with E-state index in [4.69, 9.17) is 0 Å². The van der Waals surface area contributed by atoms with Crippen molar-refractivity contribution in [3.8, 4) is 0 Å². The van der Waals surface area contributed by atoms with Gasteiger partial charge in [0.1, 0.15) is 0 Å². The van der Waals surface area contributed by atoms with E-state index >= 15 is 0 Å². The van der Waals surface area contributed by atoms with Crippen molar-refractivity contribution in [1.29, 1.82) is 0 Å². The summed E-state index contributed by atoms with van der Waals surface area (Å²) in [5.74, 6) is 1.88. The van der Waals surface area contributed by atoms with Crippen molar-refractivity contribution in [2.45, 2.75) is 130 Å². The molecule has 2 aliphatic heterocycles. The molecule has 2 unspecified atom stereocenters. The van der Waals surface area contributed by atoms with Crippen LogP contribution in [0.3, 0.4) is 0 Å². The Balaban J connectivity index is 1.61. The zero-order valence-electron chi connectivity index (χ0n) is 19.9. The Kier molecular flexibility index (Phi) is 12.1. The fraction of sp³-hybridized carbons (Fsp3) is 1.00. The van der Waals surface area contributed by atoms with Crippen LogP contribution in [0.5, 0.6) is 0 Å². The Morgan fingerprint density at radius 2 is 1.39 bits per heavy atom. The number of hydrogen-bond donors (Lipinski definition) is 0. The third-order valence-corrected chi connectivity index (χ3v) is 7.66. The van der Waals surface area contributed by atoms with Gasteiger partial charge in [-0.15, -0.1) is 0 Å². The number of piperazine rings is 1. The molecular weight excluding hydrogens is 340 g/mol. The predicted molar refractivity (Wildman–Crippen MR) is 125 cm³/mol. The van der Waals surface area contributed by atoms with E-state index in [2.05, 4.69) is 37.5 Å². The molecule has 0 aliphatic carbocycles. The van der Waals surface area contributed by atoms with Gasteiger partial charge in [-0.2, -0.15) is 0 Å². The molecule has 2 heterocycles. The molecule has 166 valence electrons. The average molecular weight is 393 g/mol. The summed E-state index contributed by atoms with van der Waals surface area (Å²) < 4.78 is 0. The van der Waals surface area contributed by atoms with Crippen molar-refractivity contribution < 1.29 is 0 Å². The molecule has 0 radical (unpaired) electrons. The minimum absolute atomic E-state index is 0.866. The number of fused-ring (bicyclic) bond motifs is 2. The van der Waals surface area contributed by atoms with Gasteiger partial charge in [0.2, 0.25) is 0 Å². The van der Waals surface area contributed by atoms with Crippen molar-refractivity contribution >= 4 is 0 Å². The zero-order chi connectivity index (χ0) is 20.2. The Morgan fingerprint density at radius 3 is 2.04 bits per heavy atom. The first-order valence-electron chi connectivity index (χ1n) is 13.2. The van der Waals surface area contributed by atoms with Crippen LogP contribution < -0.4 is 0 Å². The molecular formula is C26H52N2. The van der Waals surface area contributed by atoms with E-state index in [0.29, 0.717) is 0 Å². The molecule has 2 bridgehead atoms. The van der Waals surface area contributed by atoms with Gasteiger partial charge in [-0.05, 0) is 44.1 Å². The van der Waals surface area contributed by atoms with Crippen molar-refractivity contribution in [1.82, 2.24) is 9.80 Å². The first-order valence-corrected chi connectivity index (χ1v) is 13.2. The van der Waals surface area contributed by atoms with E-state index < -0.39 is 0 Å². The first kappa shape index (κ1) is 24.2. The second kappa shape index (κ2) is 14.0. The van der Waals surface area contributed by atoms with Crippen LogP contribution in [-0.2, 0) is 0 Å². The van der Waals surface area contributed by atoms with Crippen LogP contribution in [0.15, 0.2) is 0 Å². The van der Waals surface area contributed by atoms with E-state index in [9.17, 15) is 0 Å². The summed E-state index contributed by atoms with van der Waals surface area (Å²) in [6.45, 7) is 15.0. The molecule has 2 rings (SSSR count). The quantitative estimate of drug-likeness (QED) is 0.258. The molecule has 0 N–H and O–H groups in total. The maximum atomic E-state index is 2.92. The fourth-order valence-corrected chi connectivity index (χ4v) is 5.74. The van der Waals surface area contributed by atoms with E-state index in [1.165, 1.54) is 116 Å². The molecule has 28 heavy (non-hydrogen) atoms. The number of nitrogens with zero attached hydrogens (tertiary/aromatic N) is 2. The molecule has 0 spiro atoms. The molecule has 2 saturated heterocycles. The molecule has 2 nitrogen and oxygen atoms in total. The minimum Gasteiger partial charge on any atom is -0.300 e. The highest BCUT2D eigenvalue weighted by Crippen LogP contribution is 2.32. The van der Waals surface area contributed by atoms with Crippen LogP contribution in [0.2, 0.25) is 0 Å². The monoisotopic (exact) mass is 392 g/mol. The van der Waals surface area contributed by atoms with Gasteiger partial charge in [0.25, 0.3) is 0 Å². The lowest BCUT2D eigenvalue weighted by Crippen LogP contribution is -2.54. The lowest BCUT2D eigenvalue weighted by Gasteiger charge is -2.42. The highest BCUT2D eigenvalue weighted by atomic mass is 15.3. The number of rotatable bonds is 16. The third kappa shape index (κ3) is 8.34. The van der Waals surface area contributed by atoms with Gasteiger partial charge in [-0.3, -0.25) is 4.90 Å². The van der Waals surface area contributed by atoms with Gasteiger partial charge in [-0.1, -0.05) is 91.9 Å². The van der Waals surface area contributed by atoms with E-state index in [0.717, 1.165) is 23.9 Å². The van der Waals surface area contributed by atoms with Crippen LogP contribution in [-0.4, -0.2) is 48.1 Å². The molecule has 4 atom stereocenters. The topological polar surface area (TPSA) is 6.48 Å². The summed E-state index contributed by atoms with van der Waals surface area (Å²) in [4.78, 5) is 5.73. The lowest BCUT2D eigenvalue weighted by molar-refractivity contribution is 0.0539. The second-order valence-corrected chi connectivity index (χ2v) is 10.2. The molecule has 0 amide bonds. The summed E-state index contributed by atoms with van der Waals surface area (Å²) >= 11 is 0. The highest BCUT2D eigenvalue weighted by molar-refractivity contribution is 4.96. The molecule has 2 fully saturated rings. The standard InChI is InChI=1S/C26H52N2/c1-5-8-10-11-14-23(4)20-28-25-17-18-26(28)22-27(21-25)19-13-12-16-24(7-3)15-9-6-2/h23-26H,5-22H2,1-4H3/t23?,24?,25-,26+. The number of unbranched alkanes of at least 4 members (excludes halogenated alkanes) is 5. The Bertz CT molecular complexity index is 369. The lowest BCUT2D eigenvalue weighted by atomic mass is 9.93. The van der Waals surface area contributed by atoms with Gasteiger partial charge >= 0.3 is 0 Å². The Labute approximate surface area is 177 Å². The van der Waals surface area contributed by atoms with Crippen molar-refractivity contribution in [3.63, 3.8) is 0 Å². The van der Waals surface area contributed by atoms with E-state index in [1.807, 2.05) is 0 Å². The van der Waals surface area contributed by atoms with Crippen molar-refractivity contribution in [2.24, 2.45) is 11.8 Å². The number of hydrogen-bond acceptors (Lipinski definition) is 2. The summed E-state index contributed by atoms with van der Waals surface area (Å²) in [5.41, 5.74) is 0. The molecule has 2 aliphatic rings. The maximum absolute atomic E-state index is 2.92. The highest BCUT2D eigenvalue weighted by Gasteiger charge is 2.39. The normalized spacial score (nSPS) is 25.3. The van der Waals surface area contributed by atoms with Gasteiger partial charge in [0, 0.05) is 31.7 Å². The SMILES string of the molecule is CCCCCCC(C)CN1[C@@H]2CC[C@H]1CN(CCCCC(CC)CCCC)C2. The maximum Gasteiger partial charge on any atom is 0.0227 e. The fourth-order valence-electron chi connectivity index (χ4n) is 5.74. The van der Waals surface area contributed by atoms with E-state index in [1.54, 1.807) is 0 Å². The number of likely N-dealkylation sites (tertiary alicyclic amines) is 1. The predicted octanol–water partition coefficient (Wildman–Crippen LogP) is 7.13. The second-order valence-electron chi connectivity index (χ2n) is 10.2. The molecule has 0 saturated carbocycles. The molecule has 0 aromatic rings. The Hall–Kier alpha value is -0.0800. The smallest absolute Gasteiger partial charge is 0.0227 e. The summed E-state index contributed by atoms with van der Waals surface area (Å²) in [7, 11) is 0. The largest absolute Gasteiger partial charge is 0.300 e. The van der Waals surface area contributed by atoms with Gasteiger partial charge in [0.15, 0.2) is 0 Å². The van der Waals surface area contributed by atoms with Crippen LogP contribution in [0.1, 0.15) is 118 Å². The zero-order valence-corrected chi connectivity index (χ0v) is 19.9. The van der Waals surface area contributed by atoms with Gasteiger partial charge in [0.05, 0.1) is 0 Å². The average Bonchev–Trinajstić information content (AvgIpc) is 2.92. The van der Waals surface area contributed by atoms with Crippen molar-refractivity contribution in [2.75, 3.05) is 26.2 Å². The van der Waals surface area contributed by atoms with Crippen LogP contribution in [0.25, 0.3) is 0 Å². The van der Waals surface area contributed by atoms with Gasteiger partial charge < -0.3 is 4.90 Å². The molecule has 0 aromatic carbocycles. The first-order chi connectivity index (χ1) is 13.7. The molecule has 2 heteroatoms. The third-order valence-electron chi connectivity index (χ3n) is 7.66. The summed E-state index contributed by atoms with van der Waals surface area (Å²) in [6.07, 6.45) is 20.0. The van der Waals surface area contributed by atoms with Crippen LogP contribution >= 0.6 is 0 Å². The summed E-state index contributed by atoms with van der Waals surface area (Å²) in [5, 5.41) is 0. The minimum atomic E-state index is 0.866. The van der Waals surface area contributed by atoms with E-state index in [-0.39, 0.29) is 0 Å². The Morgan fingerprint density at radius 1 is 0.750 bits per heavy atom. The molecule has 0 aromatic heterocycles. The van der Waals surface area contributed by atoms with Gasteiger partial charge in [-0.25, -0.2) is 0 Å². The van der Waals surface area contributed by atoms with Crippen LogP contribution in [0, 0.1) is 11.8 Å². The van der Waals surface area contributed by atoms with Crippen molar-refractivity contribution in [3.05, 3.63) is 0 Å². The summed E-state index contributed by atoms with van der Waals surface area (Å²) in [6, 6.07) is 1.73.